The van der Waals surface area contributed by atoms with Crippen molar-refractivity contribution in [3.8, 4) is 0 Å². The van der Waals surface area contributed by atoms with Gasteiger partial charge in [0.1, 0.15) is 0 Å². The number of nitrogens with zero attached hydrogens (tertiary/aromatic N) is 1. The quantitative estimate of drug-likeness (QED) is 0.855. The lowest BCUT2D eigenvalue weighted by molar-refractivity contribution is 0.575. The minimum atomic E-state index is 0.544. The summed E-state index contributed by atoms with van der Waals surface area (Å²) in [5.74, 6) is 0. The molecule has 0 aliphatic carbocycles. The van der Waals surface area contributed by atoms with Gasteiger partial charge >= 0.3 is 0 Å². The van der Waals surface area contributed by atoms with E-state index in [1.165, 1.54) is 22.1 Å². The highest BCUT2D eigenvalue weighted by Gasteiger charge is 2.23. The van der Waals surface area contributed by atoms with Crippen LogP contribution in [-0.4, -0.2) is 25.2 Å². The molecule has 1 aromatic rings. The first kappa shape index (κ1) is 12.9. The van der Waals surface area contributed by atoms with Crippen molar-refractivity contribution in [2.24, 2.45) is 0 Å². The van der Waals surface area contributed by atoms with Gasteiger partial charge in [-0.3, -0.25) is 0 Å². The van der Waals surface area contributed by atoms with Crippen LogP contribution in [0.1, 0.15) is 25.8 Å². The molecule has 3 heteroatoms. The Morgan fingerprint density at radius 1 is 1.29 bits per heavy atom. The van der Waals surface area contributed by atoms with Gasteiger partial charge in [0.15, 0.2) is 0 Å². The molecule has 2 atom stereocenters. The minimum Gasteiger partial charge on any atom is -0.365 e. The summed E-state index contributed by atoms with van der Waals surface area (Å²) < 4.78 is 1.20. The highest BCUT2D eigenvalue weighted by atomic mass is 79.9. The lowest BCUT2D eigenvalue weighted by atomic mass is 10.1. The number of hydrogen-bond donors (Lipinski definition) is 1. The highest BCUT2D eigenvalue weighted by Crippen LogP contribution is 2.27. The molecule has 2 rings (SSSR count). The molecule has 0 radical (unpaired) electrons. The Hall–Kier alpha value is -0.540. The first-order valence-corrected chi connectivity index (χ1v) is 7.14. The smallest absolute Gasteiger partial charge is 0.0389 e. The third-order valence-corrected chi connectivity index (χ3v) is 4.44. The van der Waals surface area contributed by atoms with Crippen molar-refractivity contribution in [1.29, 1.82) is 0 Å². The van der Waals surface area contributed by atoms with Crippen LogP contribution in [-0.2, 0) is 0 Å². The first-order chi connectivity index (χ1) is 8.09. The predicted octanol–water partition coefficient (Wildman–Crippen LogP) is 3.33. The fraction of sp³-hybridized carbons (Fsp3) is 0.571. The molecule has 1 fully saturated rings. The maximum absolute atomic E-state index is 3.63. The molecule has 0 saturated carbocycles. The van der Waals surface area contributed by atoms with Gasteiger partial charge in [-0.15, -0.1) is 0 Å². The Balaban J connectivity index is 2.31. The number of hydrogen-bond acceptors (Lipinski definition) is 2. The molecule has 1 N–H and O–H groups in total. The van der Waals surface area contributed by atoms with Gasteiger partial charge in [-0.25, -0.2) is 0 Å². The topological polar surface area (TPSA) is 15.3 Å². The van der Waals surface area contributed by atoms with Crippen molar-refractivity contribution in [2.75, 3.05) is 18.0 Å². The van der Waals surface area contributed by atoms with E-state index in [1.807, 2.05) is 0 Å². The van der Waals surface area contributed by atoms with Gasteiger partial charge < -0.3 is 10.2 Å². The molecule has 1 saturated heterocycles. The summed E-state index contributed by atoms with van der Waals surface area (Å²) in [6.45, 7) is 8.93. The summed E-state index contributed by atoms with van der Waals surface area (Å²) in [6, 6.07) is 7.81. The van der Waals surface area contributed by atoms with Gasteiger partial charge in [0.05, 0.1) is 0 Å². The van der Waals surface area contributed by atoms with Crippen LogP contribution in [0.5, 0.6) is 0 Å². The van der Waals surface area contributed by atoms with E-state index in [4.69, 9.17) is 0 Å². The summed E-state index contributed by atoms with van der Waals surface area (Å²) in [6.07, 6.45) is 1.20. The number of aryl methyl sites for hydroxylation is 1. The molecule has 0 amide bonds. The normalized spacial score (nSPS) is 25.8. The maximum Gasteiger partial charge on any atom is 0.0389 e. The average Bonchev–Trinajstić information content (AvgIpc) is 2.45. The molecule has 94 valence electrons. The fourth-order valence-corrected chi connectivity index (χ4v) is 2.91. The zero-order valence-electron chi connectivity index (χ0n) is 10.8. The van der Waals surface area contributed by atoms with Crippen molar-refractivity contribution in [3.05, 3.63) is 28.2 Å². The van der Waals surface area contributed by atoms with E-state index < -0.39 is 0 Å². The largest absolute Gasteiger partial charge is 0.365 e. The van der Waals surface area contributed by atoms with E-state index in [2.05, 4.69) is 65.1 Å². The summed E-state index contributed by atoms with van der Waals surface area (Å²) in [5.41, 5.74) is 2.62. The molecular formula is C14H21BrN2. The van der Waals surface area contributed by atoms with Gasteiger partial charge in [0, 0.05) is 28.8 Å². The van der Waals surface area contributed by atoms with E-state index >= 15 is 0 Å². The molecule has 1 aliphatic rings. The first-order valence-electron chi connectivity index (χ1n) is 6.35. The molecular weight excluding hydrogens is 276 g/mol. The van der Waals surface area contributed by atoms with Crippen LogP contribution < -0.4 is 10.2 Å². The third kappa shape index (κ3) is 2.83. The monoisotopic (exact) mass is 296 g/mol. The van der Waals surface area contributed by atoms with E-state index in [1.54, 1.807) is 0 Å². The number of rotatable bonds is 1. The lowest BCUT2D eigenvalue weighted by Crippen LogP contribution is -2.41. The number of halogens is 1. The van der Waals surface area contributed by atoms with E-state index in [-0.39, 0.29) is 0 Å². The van der Waals surface area contributed by atoms with Crippen LogP contribution in [0.15, 0.2) is 22.7 Å². The second-order valence-electron chi connectivity index (χ2n) is 5.03. The number of benzene rings is 1. The molecule has 2 unspecified atom stereocenters. The maximum atomic E-state index is 3.63. The SMILES string of the molecule is Cc1ccc(N2C(C)CCNCC2C)cc1Br. The van der Waals surface area contributed by atoms with Crippen LogP contribution in [0.2, 0.25) is 0 Å². The lowest BCUT2D eigenvalue weighted by Gasteiger charge is -2.34. The van der Waals surface area contributed by atoms with Crippen LogP contribution in [0.3, 0.4) is 0 Å². The van der Waals surface area contributed by atoms with Gasteiger partial charge in [-0.2, -0.15) is 0 Å². The molecule has 17 heavy (non-hydrogen) atoms. The number of anilines is 1. The highest BCUT2D eigenvalue weighted by molar-refractivity contribution is 9.10. The Morgan fingerprint density at radius 2 is 2.06 bits per heavy atom. The minimum absolute atomic E-state index is 0.544. The molecule has 0 bridgehead atoms. The zero-order chi connectivity index (χ0) is 12.4. The molecule has 0 spiro atoms. The van der Waals surface area contributed by atoms with Crippen LogP contribution >= 0.6 is 15.9 Å². The summed E-state index contributed by atoms with van der Waals surface area (Å²) >= 11 is 3.63. The molecule has 1 aliphatic heterocycles. The molecule has 2 nitrogen and oxygen atoms in total. The third-order valence-electron chi connectivity index (χ3n) is 3.58. The molecule has 1 aromatic carbocycles. The van der Waals surface area contributed by atoms with Crippen LogP contribution in [0, 0.1) is 6.92 Å². The van der Waals surface area contributed by atoms with E-state index in [9.17, 15) is 0 Å². The predicted molar refractivity (Wildman–Crippen MR) is 77.8 cm³/mol. The summed E-state index contributed by atoms with van der Waals surface area (Å²) in [4.78, 5) is 2.53. The van der Waals surface area contributed by atoms with Gasteiger partial charge in [-0.1, -0.05) is 22.0 Å². The Morgan fingerprint density at radius 3 is 2.76 bits per heavy atom. The van der Waals surface area contributed by atoms with Crippen LogP contribution in [0.25, 0.3) is 0 Å². The molecule has 1 heterocycles. The van der Waals surface area contributed by atoms with Crippen molar-refractivity contribution < 1.29 is 0 Å². The Kier molecular flexibility index (Phi) is 4.10. The van der Waals surface area contributed by atoms with E-state index in [0.717, 1.165) is 13.1 Å². The zero-order valence-corrected chi connectivity index (χ0v) is 12.4. The van der Waals surface area contributed by atoms with E-state index in [0.29, 0.717) is 12.1 Å². The second kappa shape index (κ2) is 5.40. The Bertz CT molecular complexity index is 380. The van der Waals surface area contributed by atoms with Gasteiger partial charge in [0.25, 0.3) is 0 Å². The summed E-state index contributed by atoms with van der Waals surface area (Å²) in [5, 5.41) is 3.50. The van der Waals surface area contributed by atoms with Crippen molar-refractivity contribution in [1.82, 2.24) is 5.32 Å². The van der Waals surface area contributed by atoms with Crippen molar-refractivity contribution >= 4 is 21.6 Å². The second-order valence-corrected chi connectivity index (χ2v) is 5.89. The van der Waals surface area contributed by atoms with Crippen LogP contribution in [0.4, 0.5) is 5.69 Å². The van der Waals surface area contributed by atoms with Gasteiger partial charge in [-0.05, 0) is 51.4 Å². The van der Waals surface area contributed by atoms with Crippen molar-refractivity contribution in [3.63, 3.8) is 0 Å². The molecule has 0 aromatic heterocycles. The van der Waals surface area contributed by atoms with Crippen molar-refractivity contribution in [2.45, 2.75) is 39.3 Å². The Labute approximate surface area is 113 Å². The summed E-state index contributed by atoms with van der Waals surface area (Å²) in [7, 11) is 0. The van der Waals surface area contributed by atoms with Gasteiger partial charge in [0.2, 0.25) is 0 Å². The standard InChI is InChI=1S/C14H21BrN2/c1-10-4-5-13(8-14(10)15)17-11(2)6-7-16-9-12(17)3/h4-5,8,11-12,16H,6-7,9H2,1-3H3. The average molecular weight is 297 g/mol. The fourth-order valence-electron chi connectivity index (χ4n) is 2.55. The number of nitrogens with one attached hydrogen (secondary N) is 1.